The fraction of sp³-hybridized carbons (Fsp3) is 0.263. The summed E-state index contributed by atoms with van der Waals surface area (Å²) < 4.78 is 29.0. The highest BCUT2D eigenvalue weighted by atomic mass is 32.1. The van der Waals surface area contributed by atoms with Gasteiger partial charge in [-0.15, -0.1) is 0 Å². The van der Waals surface area contributed by atoms with Crippen molar-refractivity contribution >= 4 is 29.2 Å². The largest absolute Gasteiger partial charge is 0.375 e. The van der Waals surface area contributed by atoms with Crippen LogP contribution in [0.15, 0.2) is 47.6 Å². The van der Waals surface area contributed by atoms with E-state index in [0.29, 0.717) is 19.6 Å². The average molecular weight is 389 g/mol. The van der Waals surface area contributed by atoms with Gasteiger partial charge in [-0.1, -0.05) is 30.3 Å². The van der Waals surface area contributed by atoms with Crippen LogP contribution in [0.3, 0.4) is 0 Å². The molecular weight excluding hydrogens is 368 g/mol. The van der Waals surface area contributed by atoms with Crippen LogP contribution in [0.4, 0.5) is 14.5 Å². The maximum Gasteiger partial charge on any atom is 0.184 e. The van der Waals surface area contributed by atoms with Crippen molar-refractivity contribution in [2.75, 3.05) is 24.5 Å². The van der Waals surface area contributed by atoms with Gasteiger partial charge in [0.15, 0.2) is 5.11 Å². The third-order valence-corrected chi connectivity index (χ3v) is 4.46. The van der Waals surface area contributed by atoms with Crippen LogP contribution < -0.4 is 21.4 Å². The second-order valence-electron chi connectivity index (χ2n) is 6.35. The Morgan fingerprint density at radius 2 is 2.07 bits per heavy atom. The van der Waals surface area contributed by atoms with Gasteiger partial charge in [0.25, 0.3) is 0 Å². The first kappa shape index (κ1) is 19.2. The minimum absolute atomic E-state index is 0.0240. The average Bonchev–Trinajstić information content (AvgIpc) is 2.65. The van der Waals surface area contributed by atoms with Crippen molar-refractivity contribution in [1.29, 1.82) is 0 Å². The van der Waals surface area contributed by atoms with Crippen LogP contribution in [0.25, 0.3) is 0 Å². The molecule has 1 saturated heterocycles. The molecule has 0 bridgehead atoms. The maximum atomic E-state index is 14.6. The number of rotatable bonds is 5. The molecule has 8 heteroatoms. The van der Waals surface area contributed by atoms with Crippen LogP contribution in [0, 0.1) is 11.6 Å². The normalized spacial score (nSPS) is 17.3. The minimum Gasteiger partial charge on any atom is -0.375 e. The molecule has 27 heavy (non-hydrogen) atoms. The van der Waals surface area contributed by atoms with E-state index < -0.39 is 11.6 Å². The van der Waals surface area contributed by atoms with Crippen LogP contribution in [-0.2, 0) is 6.42 Å². The van der Waals surface area contributed by atoms with Crippen molar-refractivity contribution in [2.45, 2.75) is 12.5 Å². The van der Waals surface area contributed by atoms with Crippen molar-refractivity contribution in [1.82, 2.24) is 10.7 Å². The van der Waals surface area contributed by atoms with E-state index in [1.165, 1.54) is 11.6 Å². The Hall–Kier alpha value is -2.58. The number of piperazine rings is 1. The van der Waals surface area contributed by atoms with Crippen LogP contribution in [-0.4, -0.2) is 37.0 Å². The van der Waals surface area contributed by atoms with Crippen molar-refractivity contribution < 1.29 is 8.78 Å². The van der Waals surface area contributed by atoms with E-state index in [1.54, 1.807) is 0 Å². The van der Waals surface area contributed by atoms with E-state index in [2.05, 4.69) is 40.2 Å². The highest BCUT2D eigenvalue weighted by Gasteiger charge is 2.23. The van der Waals surface area contributed by atoms with Crippen molar-refractivity contribution in [3.63, 3.8) is 0 Å². The molecule has 4 N–H and O–H groups in total. The van der Waals surface area contributed by atoms with Gasteiger partial charge in [-0.2, -0.15) is 5.10 Å². The third kappa shape index (κ3) is 5.21. The van der Waals surface area contributed by atoms with E-state index >= 15 is 0 Å². The van der Waals surface area contributed by atoms with Crippen molar-refractivity contribution in [3.8, 4) is 0 Å². The molecule has 0 aromatic heterocycles. The quantitative estimate of drug-likeness (QED) is 0.416. The Morgan fingerprint density at radius 3 is 2.81 bits per heavy atom. The molecule has 0 aliphatic carbocycles. The first-order valence-electron chi connectivity index (χ1n) is 8.62. The fourth-order valence-electron chi connectivity index (χ4n) is 3.14. The summed E-state index contributed by atoms with van der Waals surface area (Å²) in [6.07, 6.45) is 1.98. The number of thiocarbonyl (C=S) groups is 1. The van der Waals surface area contributed by atoms with Crippen LogP contribution in [0.2, 0.25) is 0 Å². The number of nitrogens with zero attached hydrogens (tertiary/aromatic N) is 2. The molecule has 0 amide bonds. The predicted octanol–water partition coefficient (Wildman–Crippen LogP) is 2.15. The summed E-state index contributed by atoms with van der Waals surface area (Å²) in [6, 6.07) is 12.6. The lowest BCUT2D eigenvalue weighted by atomic mass is 10.0. The van der Waals surface area contributed by atoms with Gasteiger partial charge < -0.3 is 16.0 Å². The highest BCUT2D eigenvalue weighted by Crippen LogP contribution is 2.24. The van der Waals surface area contributed by atoms with Crippen LogP contribution >= 0.6 is 12.2 Å². The predicted molar refractivity (Wildman–Crippen MR) is 108 cm³/mol. The molecule has 2 aromatic rings. The Kier molecular flexibility index (Phi) is 6.31. The topological polar surface area (TPSA) is 65.7 Å². The van der Waals surface area contributed by atoms with Gasteiger partial charge in [0.1, 0.15) is 11.6 Å². The zero-order valence-electron chi connectivity index (χ0n) is 14.7. The van der Waals surface area contributed by atoms with E-state index in [0.717, 1.165) is 18.7 Å². The Labute approximate surface area is 162 Å². The number of nitrogens with one attached hydrogen (secondary N) is 2. The molecule has 0 saturated carbocycles. The molecule has 0 spiro atoms. The second kappa shape index (κ2) is 8.88. The molecule has 1 fully saturated rings. The number of anilines is 1. The van der Waals surface area contributed by atoms with E-state index in [-0.39, 0.29) is 22.4 Å². The zero-order chi connectivity index (χ0) is 19.2. The SMILES string of the molecule is NC(=S)NN=Cc1cc(F)c(N2CCN[C@@H](Cc3ccccc3)C2)cc1F. The highest BCUT2D eigenvalue weighted by molar-refractivity contribution is 7.80. The summed E-state index contributed by atoms with van der Waals surface area (Å²) in [7, 11) is 0. The smallest absolute Gasteiger partial charge is 0.184 e. The molecule has 1 aliphatic heterocycles. The van der Waals surface area contributed by atoms with Crippen molar-refractivity contribution in [3.05, 3.63) is 65.2 Å². The number of halogens is 2. The third-order valence-electron chi connectivity index (χ3n) is 4.37. The summed E-state index contributed by atoms with van der Waals surface area (Å²) in [6.45, 7) is 1.92. The summed E-state index contributed by atoms with van der Waals surface area (Å²) in [5.41, 5.74) is 9.05. The monoisotopic (exact) mass is 389 g/mol. The van der Waals surface area contributed by atoms with Crippen LogP contribution in [0.1, 0.15) is 11.1 Å². The van der Waals surface area contributed by atoms with E-state index in [1.807, 2.05) is 23.1 Å². The molecule has 142 valence electrons. The number of hydrogen-bond donors (Lipinski definition) is 3. The minimum atomic E-state index is -0.557. The van der Waals surface area contributed by atoms with Gasteiger partial charge in [-0.3, -0.25) is 5.43 Å². The first-order chi connectivity index (χ1) is 13.0. The van der Waals surface area contributed by atoms with Gasteiger partial charge in [0.2, 0.25) is 0 Å². The Bertz CT molecular complexity index is 828. The van der Waals surface area contributed by atoms with E-state index in [4.69, 9.17) is 5.73 Å². The molecule has 1 atom stereocenters. The summed E-state index contributed by atoms with van der Waals surface area (Å²) in [5, 5.41) is 7.07. The van der Waals surface area contributed by atoms with Gasteiger partial charge in [-0.25, -0.2) is 8.78 Å². The summed E-state index contributed by atoms with van der Waals surface area (Å²) >= 11 is 4.61. The molecule has 0 radical (unpaired) electrons. The maximum absolute atomic E-state index is 14.6. The van der Waals surface area contributed by atoms with Gasteiger partial charge in [0, 0.05) is 37.3 Å². The zero-order valence-corrected chi connectivity index (χ0v) is 15.5. The molecule has 3 rings (SSSR count). The molecular formula is C19H21F2N5S. The lowest BCUT2D eigenvalue weighted by molar-refractivity contribution is 0.449. The van der Waals surface area contributed by atoms with Crippen LogP contribution in [0.5, 0.6) is 0 Å². The number of hydrogen-bond acceptors (Lipinski definition) is 4. The van der Waals surface area contributed by atoms with Gasteiger partial charge in [-0.05, 0) is 30.3 Å². The summed E-state index contributed by atoms with van der Waals surface area (Å²) in [4.78, 5) is 1.87. The van der Waals surface area contributed by atoms with Gasteiger partial charge in [0.05, 0.1) is 11.9 Å². The number of benzene rings is 2. The second-order valence-corrected chi connectivity index (χ2v) is 6.79. The number of nitrogens with two attached hydrogens (primary N) is 1. The molecule has 1 heterocycles. The molecule has 5 nitrogen and oxygen atoms in total. The van der Waals surface area contributed by atoms with Crippen molar-refractivity contribution in [2.24, 2.45) is 10.8 Å². The molecule has 1 aliphatic rings. The lowest BCUT2D eigenvalue weighted by Crippen LogP contribution is -2.52. The number of hydrazone groups is 1. The summed E-state index contributed by atoms with van der Waals surface area (Å²) in [5.74, 6) is -1.05. The van der Waals surface area contributed by atoms with E-state index in [9.17, 15) is 8.78 Å². The Morgan fingerprint density at radius 1 is 1.30 bits per heavy atom. The lowest BCUT2D eigenvalue weighted by Gasteiger charge is -2.35. The molecule has 0 unspecified atom stereocenters. The standard InChI is InChI=1S/C19H21F2N5S/c20-16-10-18(17(21)9-14(16)11-24-25-19(22)27)26-7-6-23-15(12-26)8-13-4-2-1-3-5-13/h1-5,9-11,15,23H,6-8,12H2,(H3,22,25,27)/t15-/m0/s1. The molecule has 2 aromatic carbocycles. The van der Waals surface area contributed by atoms with Gasteiger partial charge >= 0.3 is 0 Å². The fourth-order valence-corrected chi connectivity index (χ4v) is 3.19. The first-order valence-corrected chi connectivity index (χ1v) is 9.03. The Balaban J connectivity index is 1.72.